The van der Waals surface area contributed by atoms with Gasteiger partial charge in [-0.15, -0.1) is 0 Å². The van der Waals surface area contributed by atoms with Crippen molar-refractivity contribution < 1.29 is 4.79 Å². The Morgan fingerprint density at radius 3 is 2.70 bits per heavy atom. The van der Waals surface area contributed by atoms with Crippen LogP contribution in [-0.4, -0.2) is 45.7 Å². The minimum atomic E-state index is -0.0150. The van der Waals surface area contributed by atoms with E-state index in [1.165, 1.54) is 5.56 Å². The summed E-state index contributed by atoms with van der Waals surface area (Å²) in [6.45, 7) is 2.86. The minimum absolute atomic E-state index is 0.0150. The molecule has 1 saturated heterocycles. The molecule has 3 aromatic rings. The lowest BCUT2D eigenvalue weighted by Gasteiger charge is -2.32. The Bertz CT molecular complexity index is 996. The van der Waals surface area contributed by atoms with Crippen molar-refractivity contribution in [1.29, 1.82) is 0 Å². The number of imidazole rings is 1. The number of nitrogens with zero attached hydrogens (tertiary/aromatic N) is 3. The summed E-state index contributed by atoms with van der Waals surface area (Å²) in [6.07, 6.45) is 7.60. The van der Waals surface area contributed by atoms with Gasteiger partial charge in [-0.1, -0.05) is 41.6 Å². The summed E-state index contributed by atoms with van der Waals surface area (Å²) in [7, 11) is 0. The predicted molar refractivity (Wildman–Crippen MR) is 123 cm³/mol. The molecule has 0 spiro atoms. The number of carbonyl (C=O) groups is 1. The first-order valence-corrected chi connectivity index (χ1v) is 11.7. The summed E-state index contributed by atoms with van der Waals surface area (Å²) in [5.41, 5.74) is 2.89. The number of halogens is 1. The van der Waals surface area contributed by atoms with Gasteiger partial charge in [0.25, 0.3) is 5.91 Å². The minimum Gasteiger partial charge on any atom is -0.349 e. The van der Waals surface area contributed by atoms with Crippen LogP contribution in [0, 0.1) is 0 Å². The largest absolute Gasteiger partial charge is 0.349 e. The second-order valence-electron chi connectivity index (χ2n) is 7.48. The Kier molecular flexibility index (Phi) is 6.77. The standard InChI is InChI=1S/C23H25ClN4OS/c1-30-23-25-11-14-28(23)21-4-2-3-18(15-21)22(29)26-20-9-12-27(13-10-20)16-17-5-7-19(24)8-6-17/h2-8,11,14-15,20H,9-10,12-13,16H2,1H3,(H,26,29). The molecule has 0 atom stereocenters. The quantitative estimate of drug-likeness (QED) is 0.567. The molecule has 0 radical (unpaired) electrons. The van der Waals surface area contributed by atoms with Crippen LogP contribution in [0.3, 0.4) is 0 Å². The highest BCUT2D eigenvalue weighted by Crippen LogP contribution is 2.20. The molecule has 1 aliphatic rings. The average Bonchev–Trinajstić information content (AvgIpc) is 3.26. The van der Waals surface area contributed by atoms with Gasteiger partial charge in [0.2, 0.25) is 0 Å². The molecule has 2 aromatic carbocycles. The fourth-order valence-corrected chi connectivity index (χ4v) is 4.44. The molecule has 2 heterocycles. The zero-order valence-electron chi connectivity index (χ0n) is 16.9. The summed E-state index contributed by atoms with van der Waals surface area (Å²) in [5.74, 6) is -0.0150. The van der Waals surface area contributed by atoms with Gasteiger partial charge in [0.15, 0.2) is 5.16 Å². The first-order chi connectivity index (χ1) is 14.6. The number of carbonyl (C=O) groups excluding carboxylic acids is 1. The molecule has 0 bridgehead atoms. The first-order valence-electron chi connectivity index (χ1n) is 10.1. The average molecular weight is 441 g/mol. The van der Waals surface area contributed by atoms with Gasteiger partial charge in [-0.2, -0.15) is 0 Å². The molecule has 1 N–H and O–H groups in total. The van der Waals surface area contributed by atoms with Gasteiger partial charge >= 0.3 is 0 Å². The molecule has 1 aliphatic heterocycles. The molecule has 4 rings (SSSR count). The maximum atomic E-state index is 12.8. The van der Waals surface area contributed by atoms with Crippen molar-refractivity contribution in [3.8, 4) is 5.69 Å². The highest BCUT2D eigenvalue weighted by Gasteiger charge is 2.21. The number of rotatable bonds is 6. The third kappa shape index (κ3) is 5.06. The fraction of sp³-hybridized carbons (Fsp3) is 0.304. The van der Waals surface area contributed by atoms with Crippen LogP contribution >= 0.6 is 23.4 Å². The van der Waals surface area contributed by atoms with E-state index in [1.807, 2.05) is 53.4 Å². The number of hydrogen-bond donors (Lipinski definition) is 1. The first kappa shape index (κ1) is 21.0. The number of piperidine rings is 1. The normalized spacial score (nSPS) is 15.3. The van der Waals surface area contributed by atoms with E-state index in [0.29, 0.717) is 5.56 Å². The van der Waals surface area contributed by atoms with Crippen LogP contribution in [0.4, 0.5) is 0 Å². The van der Waals surface area contributed by atoms with Crippen molar-refractivity contribution in [3.05, 3.63) is 77.1 Å². The van der Waals surface area contributed by atoms with Crippen LogP contribution in [0.5, 0.6) is 0 Å². The number of hydrogen-bond acceptors (Lipinski definition) is 4. The van der Waals surface area contributed by atoms with Gasteiger partial charge in [-0.25, -0.2) is 4.98 Å². The topological polar surface area (TPSA) is 50.2 Å². The maximum absolute atomic E-state index is 12.8. The number of nitrogens with one attached hydrogen (secondary N) is 1. The zero-order valence-corrected chi connectivity index (χ0v) is 18.5. The fourth-order valence-electron chi connectivity index (χ4n) is 3.79. The highest BCUT2D eigenvalue weighted by atomic mass is 35.5. The maximum Gasteiger partial charge on any atom is 0.251 e. The van der Waals surface area contributed by atoms with Gasteiger partial charge < -0.3 is 5.32 Å². The Labute approximate surface area is 186 Å². The smallest absolute Gasteiger partial charge is 0.251 e. The van der Waals surface area contributed by atoms with Crippen LogP contribution in [0.25, 0.3) is 5.69 Å². The molecule has 0 unspecified atom stereocenters. The molecule has 1 amide bonds. The molecule has 0 saturated carbocycles. The van der Waals surface area contributed by atoms with Gasteiger partial charge in [-0.05, 0) is 55.0 Å². The van der Waals surface area contributed by atoms with E-state index in [-0.39, 0.29) is 11.9 Å². The van der Waals surface area contributed by atoms with E-state index < -0.39 is 0 Å². The number of likely N-dealkylation sites (tertiary alicyclic amines) is 1. The predicted octanol–water partition coefficient (Wildman–Crippen LogP) is 4.64. The summed E-state index contributed by atoms with van der Waals surface area (Å²) in [6, 6.07) is 15.9. The Morgan fingerprint density at radius 2 is 1.97 bits per heavy atom. The monoisotopic (exact) mass is 440 g/mol. The van der Waals surface area contributed by atoms with Crippen molar-refractivity contribution in [1.82, 2.24) is 19.8 Å². The van der Waals surface area contributed by atoms with Crippen LogP contribution in [0.15, 0.2) is 66.1 Å². The van der Waals surface area contributed by atoms with E-state index in [1.54, 1.807) is 18.0 Å². The third-order valence-electron chi connectivity index (χ3n) is 5.42. The van der Waals surface area contributed by atoms with Crippen molar-refractivity contribution in [2.24, 2.45) is 0 Å². The van der Waals surface area contributed by atoms with Crippen LogP contribution in [0.1, 0.15) is 28.8 Å². The van der Waals surface area contributed by atoms with Gasteiger partial charge in [-0.3, -0.25) is 14.3 Å². The van der Waals surface area contributed by atoms with Crippen LogP contribution in [0.2, 0.25) is 5.02 Å². The third-order valence-corrected chi connectivity index (χ3v) is 6.34. The summed E-state index contributed by atoms with van der Waals surface area (Å²) in [4.78, 5) is 19.6. The van der Waals surface area contributed by atoms with Crippen LogP contribution in [-0.2, 0) is 6.54 Å². The lowest BCUT2D eigenvalue weighted by molar-refractivity contribution is 0.0909. The van der Waals surface area contributed by atoms with Crippen molar-refractivity contribution in [2.75, 3.05) is 19.3 Å². The molecule has 0 aliphatic carbocycles. The van der Waals surface area contributed by atoms with E-state index in [0.717, 1.165) is 48.3 Å². The van der Waals surface area contributed by atoms with E-state index in [9.17, 15) is 4.79 Å². The summed E-state index contributed by atoms with van der Waals surface area (Å²) < 4.78 is 2.00. The van der Waals surface area contributed by atoms with Crippen LogP contribution < -0.4 is 5.32 Å². The molecule has 30 heavy (non-hydrogen) atoms. The molecular formula is C23H25ClN4OS. The zero-order chi connectivity index (χ0) is 20.9. The van der Waals surface area contributed by atoms with Gasteiger partial charge in [0.1, 0.15) is 0 Å². The van der Waals surface area contributed by atoms with Crippen molar-refractivity contribution in [3.63, 3.8) is 0 Å². The Balaban J connectivity index is 1.33. The second-order valence-corrected chi connectivity index (χ2v) is 8.69. The van der Waals surface area contributed by atoms with Crippen molar-refractivity contribution >= 4 is 29.3 Å². The molecule has 156 valence electrons. The highest BCUT2D eigenvalue weighted by molar-refractivity contribution is 7.98. The summed E-state index contributed by atoms with van der Waals surface area (Å²) in [5, 5.41) is 4.88. The Morgan fingerprint density at radius 1 is 1.20 bits per heavy atom. The molecule has 1 aromatic heterocycles. The summed E-state index contributed by atoms with van der Waals surface area (Å²) >= 11 is 7.55. The van der Waals surface area contributed by atoms with Crippen molar-refractivity contribution in [2.45, 2.75) is 30.6 Å². The SMILES string of the molecule is CSc1nccn1-c1cccc(C(=O)NC2CCN(Cc3ccc(Cl)cc3)CC2)c1. The molecule has 1 fully saturated rings. The molecule has 7 heteroatoms. The number of aromatic nitrogens is 2. The lowest BCUT2D eigenvalue weighted by Crippen LogP contribution is -2.44. The van der Waals surface area contributed by atoms with E-state index in [4.69, 9.17) is 11.6 Å². The lowest BCUT2D eigenvalue weighted by atomic mass is 10.0. The second kappa shape index (κ2) is 9.69. The Hall–Kier alpha value is -2.28. The van der Waals surface area contributed by atoms with Gasteiger partial charge in [0, 0.05) is 54.3 Å². The van der Waals surface area contributed by atoms with E-state index >= 15 is 0 Å². The molecule has 5 nitrogen and oxygen atoms in total. The molecular weight excluding hydrogens is 416 g/mol. The number of amides is 1. The van der Waals surface area contributed by atoms with E-state index in [2.05, 4.69) is 27.3 Å². The number of thioether (sulfide) groups is 1. The van der Waals surface area contributed by atoms with Gasteiger partial charge in [0.05, 0.1) is 0 Å². The number of benzene rings is 2.